The molecule has 0 radical (unpaired) electrons. The highest BCUT2D eigenvalue weighted by molar-refractivity contribution is 7.21. The molecule has 1 amide bonds. The Labute approximate surface area is 210 Å². The van der Waals surface area contributed by atoms with Gasteiger partial charge in [0.1, 0.15) is 10.6 Å². The van der Waals surface area contributed by atoms with E-state index >= 15 is 0 Å². The van der Waals surface area contributed by atoms with Gasteiger partial charge in [0.2, 0.25) is 5.91 Å². The second-order valence-electron chi connectivity index (χ2n) is 7.81. The molecule has 5 aromatic rings. The van der Waals surface area contributed by atoms with Gasteiger partial charge in [0.05, 0.1) is 17.7 Å². The Kier molecular flexibility index (Phi) is 6.57. The van der Waals surface area contributed by atoms with Crippen molar-refractivity contribution in [1.29, 1.82) is 0 Å². The summed E-state index contributed by atoms with van der Waals surface area (Å²) in [5.74, 6) is -0.386. The van der Waals surface area contributed by atoms with Gasteiger partial charge in [-0.25, -0.2) is 10.2 Å². The minimum absolute atomic E-state index is 0.215. The molecular formula is C28H19ClN2O3S. The lowest BCUT2D eigenvalue weighted by Gasteiger charge is -2.06. The number of esters is 1. The van der Waals surface area contributed by atoms with E-state index in [0.717, 1.165) is 26.4 Å². The van der Waals surface area contributed by atoms with Crippen LogP contribution in [-0.4, -0.2) is 18.1 Å². The fourth-order valence-corrected chi connectivity index (χ4v) is 5.18. The standard InChI is InChI=1S/C28H19ClN2O3S/c29-26-23-13-3-4-14-24(23)35-27(26)28(33)34-21-11-5-7-18(15-21)17-30-31-25(32)16-20-10-6-9-19-8-1-2-12-22(19)20/h1-15,17H,16H2,(H,31,32). The number of benzene rings is 4. The van der Waals surface area contributed by atoms with E-state index in [1.165, 1.54) is 17.6 Å². The molecule has 1 aromatic heterocycles. The Morgan fingerprint density at radius 1 is 0.914 bits per heavy atom. The fraction of sp³-hybridized carbons (Fsp3) is 0.0357. The predicted molar refractivity (Wildman–Crippen MR) is 142 cm³/mol. The molecule has 0 saturated heterocycles. The molecule has 0 bridgehead atoms. The number of nitrogens with one attached hydrogen (secondary N) is 1. The van der Waals surface area contributed by atoms with Gasteiger partial charge in [-0.3, -0.25) is 4.79 Å². The van der Waals surface area contributed by atoms with Crippen LogP contribution in [0, 0.1) is 0 Å². The molecule has 0 unspecified atom stereocenters. The molecule has 7 heteroatoms. The number of rotatable bonds is 6. The second-order valence-corrected chi connectivity index (χ2v) is 9.24. The maximum atomic E-state index is 12.7. The highest BCUT2D eigenvalue weighted by Crippen LogP contribution is 2.35. The topological polar surface area (TPSA) is 67.8 Å². The Morgan fingerprint density at radius 2 is 1.66 bits per heavy atom. The Bertz CT molecular complexity index is 1590. The van der Waals surface area contributed by atoms with E-state index in [1.54, 1.807) is 24.3 Å². The lowest BCUT2D eigenvalue weighted by atomic mass is 10.0. The quantitative estimate of drug-likeness (QED) is 0.124. The van der Waals surface area contributed by atoms with Crippen LogP contribution in [-0.2, 0) is 11.2 Å². The monoisotopic (exact) mass is 498 g/mol. The van der Waals surface area contributed by atoms with Crippen molar-refractivity contribution >= 4 is 61.9 Å². The van der Waals surface area contributed by atoms with Crippen LogP contribution in [0.25, 0.3) is 20.9 Å². The van der Waals surface area contributed by atoms with E-state index in [9.17, 15) is 9.59 Å². The predicted octanol–water partition coefficient (Wildman–Crippen LogP) is 6.62. The third-order valence-electron chi connectivity index (χ3n) is 5.42. The average Bonchev–Trinajstić information content (AvgIpc) is 3.21. The maximum Gasteiger partial charge on any atom is 0.355 e. The van der Waals surface area contributed by atoms with Gasteiger partial charge in [0, 0.05) is 10.1 Å². The van der Waals surface area contributed by atoms with Gasteiger partial charge >= 0.3 is 5.97 Å². The van der Waals surface area contributed by atoms with Crippen LogP contribution in [0.1, 0.15) is 20.8 Å². The van der Waals surface area contributed by atoms with Crippen LogP contribution in [0.15, 0.2) is 96.1 Å². The molecule has 1 N–H and O–H groups in total. The molecule has 0 atom stereocenters. The first kappa shape index (κ1) is 22.8. The van der Waals surface area contributed by atoms with Crippen LogP contribution < -0.4 is 10.2 Å². The zero-order valence-corrected chi connectivity index (χ0v) is 20.0. The number of ether oxygens (including phenoxy) is 1. The maximum absolute atomic E-state index is 12.7. The smallest absolute Gasteiger partial charge is 0.355 e. The zero-order valence-electron chi connectivity index (χ0n) is 18.4. The number of fused-ring (bicyclic) bond motifs is 2. The van der Waals surface area contributed by atoms with Crippen molar-refractivity contribution in [3.63, 3.8) is 0 Å². The summed E-state index contributed by atoms with van der Waals surface area (Å²) < 4.78 is 6.46. The van der Waals surface area contributed by atoms with Gasteiger partial charge in [0.25, 0.3) is 0 Å². The largest absolute Gasteiger partial charge is 0.422 e. The van der Waals surface area contributed by atoms with Crippen molar-refractivity contribution in [2.24, 2.45) is 5.10 Å². The Hall–Kier alpha value is -4.00. The molecule has 5 nitrogen and oxygen atoms in total. The minimum Gasteiger partial charge on any atom is -0.422 e. The summed E-state index contributed by atoms with van der Waals surface area (Å²) in [5, 5.41) is 7.40. The SMILES string of the molecule is O=C(Cc1cccc2ccccc12)NN=Cc1cccc(OC(=O)c2sc3ccccc3c2Cl)c1. The third-order valence-corrected chi connectivity index (χ3v) is 7.08. The van der Waals surface area contributed by atoms with E-state index in [2.05, 4.69) is 10.5 Å². The summed E-state index contributed by atoms with van der Waals surface area (Å²) in [7, 11) is 0. The molecule has 0 aliphatic rings. The molecule has 172 valence electrons. The lowest BCUT2D eigenvalue weighted by Crippen LogP contribution is -2.19. The number of halogens is 1. The number of nitrogens with zero attached hydrogens (tertiary/aromatic N) is 1. The number of thiophene rings is 1. The van der Waals surface area contributed by atoms with Crippen LogP contribution >= 0.6 is 22.9 Å². The van der Waals surface area contributed by atoms with Crippen LogP contribution in [0.3, 0.4) is 0 Å². The normalized spacial score (nSPS) is 11.2. The van der Waals surface area contributed by atoms with Crippen LogP contribution in [0.5, 0.6) is 5.75 Å². The van der Waals surface area contributed by atoms with Gasteiger partial charge in [-0.15, -0.1) is 11.3 Å². The van der Waals surface area contributed by atoms with E-state index in [1.807, 2.05) is 66.7 Å². The van der Waals surface area contributed by atoms with Crippen molar-refractivity contribution in [2.45, 2.75) is 6.42 Å². The Morgan fingerprint density at radius 3 is 2.51 bits per heavy atom. The molecule has 5 rings (SSSR count). The number of carbonyl (C=O) groups excluding carboxylic acids is 2. The first-order chi connectivity index (χ1) is 17.1. The molecule has 0 fully saturated rings. The van der Waals surface area contributed by atoms with Crippen molar-refractivity contribution < 1.29 is 14.3 Å². The molecule has 0 spiro atoms. The molecule has 1 heterocycles. The van der Waals surface area contributed by atoms with E-state index in [-0.39, 0.29) is 12.3 Å². The molecule has 4 aromatic carbocycles. The highest BCUT2D eigenvalue weighted by atomic mass is 35.5. The van der Waals surface area contributed by atoms with Crippen molar-refractivity contribution in [2.75, 3.05) is 0 Å². The Balaban J connectivity index is 1.23. The van der Waals surface area contributed by atoms with Crippen molar-refractivity contribution in [3.8, 4) is 5.75 Å². The van der Waals surface area contributed by atoms with Gasteiger partial charge in [0.15, 0.2) is 0 Å². The second kappa shape index (κ2) is 10.1. The van der Waals surface area contributed by atoms with E-state index in [0.29, 0.717) is 21.2 Å². The summed E-state index contributed by atoms with van der Waals surface area (Å²) in [5.41, 5.74) is 4.16. The van der Waals surface area contributed by atoms with E-state index in [4.69, 9.17) is 16.3 Å². The van der Waals surface area contributed by atoms with Crippen molar-refractivity contribution in [1.82, 2.24) is 5.43 Å². The van der Waals surface area contributed by atoms with Gasteiger partial charge in [-0.05, 0) is 40.1 Å². The van der Waals surface area contributed by atoms with Gasteiger partial charge in [-0.1, -0.05) is 84.4 Å². The number of amides is 1. The third kappa shape index (κ3) is 5.09. The number of carbonyl (C=O) groups is 2. The molecular weight excluding hydrogens is 480 g/mol. The minimum atomic E-state index is -0.520. The molecule has 0 aliphatic carbocycles. The summed E-state index contributed by atoms with van der Waals surface area (Å²) in [6.45, 7) is 0. The van der Waals surface area contributed by atoms with Crippen LogP contribution in [0.2, 0.25) is 5.02 Å². The first-order valence-electron chi connectivity index (χ1n) is 10.9. The van der Waals surface area contributed by atoms with E-state index < -0.39 is 5.97 Å². The average molecular weight is 499 g/mol. The van der Waals surface area contributed by atoms with Crippen molar-refractivity contribution in [3.05, 3.63) is 112 Å². The number of hydrogen-bond acceptors (Lipinski definition) is 5. The van der Waals surface area contributed by atoms with Gasteiger partial charge in [-0.2, -0.15) is 5.10 Å². The molecule has 35 heavy (non-hydrogen) atoms. The molecule has 0 aliphatic heterocycles. The lowest BCUT2D eigenvalue weighted by molar-refractivity contribution is -0.120. The number of hydrazone groups is 1. The summed E-state index contributed by atoms with van der Waals surface area (Å²) in [4.78, 5) is 25.5. The summed E-state index contributed by atoms with van der Waals surface area (Å²) in [6.07, 6.45) is 1.72. The van der Waals surface area contributed by atoms with Crippen LogP contribution in [0.4, 0.5) is 0 Å². The first-order valence-corrected chi connectivity index (χ1v) is 12.1. The molecule has 0 saturated carbocycles. The summed E-state index contributed by atoms with van der Waals surface area (Å²) >= 11 is 7.68. The van der Waals surface area contributed by atoms with Gasteiger partial charge < -0.3 is 4.74 Å². The highest BCUT2D eigenvalue weighted by Gasteiger charge is 2.19. The fourth-order valence-electron chi connectivity index (χ4n) is 3.79. The summed E-state index contributed by atoms with van der Waals surface area (Å²) in [6, 6.07) is 28.3. The number of hydrogen-bond donors (Lipinski definition) is 1. The zero-order chi connectivity index (χ0) is 24.2.